The van der Waals surface area contributed by atoms with Crippen LogP contribution in [0.4, 0.5) is 5.69 Å². The van der Waals surface area contributed by atoms with Gasteiger partial charge < -0.3 is 5.73 Å². The normalized spacial score (nSPS) is 10.1. The largest absolute Gasteiger partial charge is 0.397 e. The fourth-order valence-electron chi connectivity index (χ4n) is 1.59. The summed E-state index contributed by atoms with van der Waals surface area (Å²) in [4.78, 5) is 0. The van der Waals surface area contributed by atoms with Gasteiger partial charge in [-0.1, -0.05) is 6.92 Å². The molecule has 2 aromatic rings. The number of anilines is 1. The van der Waals surface area contributed by atoms with E-state index in [2.05, 4.69) is 22.4 Å². The Labute approximate surface area is 98.7 Å². The second-order valence-electron chi connectivity index (χ2n) is 3.64. The minimum atomic E-state index is 0.494. The van der Waals surface area contributed by atoms with Crippen molar-refractivity contribution < 1.29 is 0 Å². The number of hydrogen-bond donors (Lipinski definition) is 1. The van der Waals surface area contributed by atoms with E-state index in [-0.39, 0.29) is 0 Å². The van der Waals surface area contributed by atoms with E-state index in [4.69, 9.17) is 11.0 Å². The zero-order valence-electron chi connectivity index (χ0n) is 9.46. The van der Waals surface area contributed by atoms with E-state index in [1.165, 1.54) is 0 Å². The van der Waals surface area contributed by atoms with E-state index >= 15 is 0 Å². The Morgan fingerprint density at radius 3 is 2.94 bits per heavy atom. The number of tetrazole rings is 1. The van der Waals surface area contributed by atoms with Crippen molar-refractivity contribution in [2.45, 2.75) is 19.8 Å². The molecule has 2 rings (SSSR count). The summed E-state index contributed by atoms with van der Waals surface area (Å²) in [5, 5.41) is 20.3. The maximum atomic E-state index is 8.77. The topological polar surface area (TPSA) is 93.4 Å². The second kappa shape index (κ2) is 4.61. The molecule has 0 fully saturated rings. The lowest BCUT2D eigenvalue weighted by atomic mass is 10.2. The lowest BCUT2D eigenvalue weighted by Gasteiger charge is -2.06. The maximum Gasteiger partial charge on any atom is 0.156 e. The van der Waals surface area contributed by atoms with Crippen molar-refractivity contribution in [3.05, 3.63) is 29.6 Å². The van der Waals surface area contributed by atoms with Crippen LogP contribution < -0.4 is 5.73 Å². The third-order valence-electron chi connectivity index (χ3n) is 2.39. The number of nitriles is 1. The van der Waals surface area contributed by atoms with Gasteiger partial charge in [-0.15, -0.1) is 5.10 Å². The van der Waals surface area contributed by atoms with E-state index in [0.717, 1.165) is 18.7 Å². The molecule has 1 heterocycles. The monoisotopic (exact) mass is 228 g/mol. The first-order valence-electron chi connectivity index (χ1n) is 5.33. The summed E-state index contributed by atoms with van der Waals surface area (Å²) in [6.07, 6.45) is 1.74. The average Bonchev–Trinajstić information content (AvgIpc) is 2.77. The lowest BCUT2D eigenvalue weighted by Crippen LogP contribution is -2.06. The first-order chi connectivity index (χ1) is 8.26. The van der Waals surface area contributed by atoms with Crippen LogP contribution in [0, 0.1) is 11.3 Å². The Balaban J connectivity index is 2.46. The maximum absolute atomic E-state index is 8.77. The summed E-state index contributed by atoms with van der Waals surface area (Å²) >= 11 is 0. The van der Waals surface area contributed by atoms with Gasteiger partial charge in [-0.25, -0.2) is 0 Å². The smallest absolute Gasteiger partial charge is 0.156 e. The van der Waals surface area contributed by atoms with Crippen LogP contribution in [0.1, 0.15) is 24.7 Å². The van der Waals surface area contributed by atoms with Crippen molar-refractivity contribution in [3.63, 3.8) is 0 Å². The van der Waals surface area contributed by atoms with Crippen molar-refractivity contribution in [2.24, 2.45) is 0 Å². The summed E-state index contributed by atoms with van der Waals surface area (Å²) in [7, 11) is 0. The molecule has 6 heteroatoms. The number of hydrogen-bond acceptors (Lipinski definition) is 5. The van der Waals surface area contributed by atoms with E-state index in [1.807, 2.05) is 6.07 Å². The summed E-state index contributed by atoms with van der Waals surface area (Å²) in [6.45, 7) is 2.06. The number of rotatable bonds is 3. The first-order valence-corrected chi connectivity index (χ1v) is 5.33. The molecule has 0 aliphatic carbocycles. The highest BCUT2D eigenvalue weighted by Gasteiger charge is 2.10. The molecule has 0 saturated carbocycles. The standard InChI is InChI=1S/C11H12N6/c1-2-3-11-14-15-16-17(11)10-5-4-8(7-12)6-9(10)13/h4-6H,2-3,13H2,1H3. The van der Waals surface area contributed by atoms with Crippen molar-refractivity contribution in [1.82, 2.24) is 20.2 Å². The molecule has 0 saturated heterocycles. The molecule has 0 unspecified atom stereocenters. The minimum absolute atomic E-state index is 0.494. The highest BCUT2D eigenvalue weighted by molar-refractivity contribution is 5.60. The molecule has 0 aliphatic rings. The fourth-order valence-corrected chi connectivity index (χ4v) is 1.59. The average molecular weight is 228 g/mol. The van der Waals surface area contributed by atoms with Gasteiger partial charge in [0.15, 0.2) is 5.82 Å². The van der Waals surface area contributed by atoms with Crippen LogP contribution in [-0.4, -0.2) is 20.2 Å². The highest BCUT2D eigenvalue weighted by atomic mass is 15.5. The highest BCUT2D eigenvalue weighted by Crippen LogP contribution is 2.18. The van der Waals surface area contributed by atoms with Gasteiger partial charge >= 0.3 is 0 Å². The van der Waals surface area contributed by atoms with E-state index in [0.29, 0.717) is 16.9 Å². The van der Waals surface area contributed by atoms with Crippen LogP contribution in [0.2, 0.25) is 0 Å². The van der Waals surface area contributed by atoms with Crippen molar-refractivity contribution in [1.29, 1.82) is 5.26 Å². The van der Waals surface area contributed by atoms with E-state index < -0.39 is 0 Å². The molecule has 0 aliphatic heterocycles. The molecule has 86 valence electrons. The van der Waals surface area contributed by atoms with Crippen molar-refractivity contribution >= 4 is 5.69 Å². The van der Waals surface area contributed by atoms with E-state index in [9.17, 15) is 0 Å². The van der Waals surface area contributed by atoms with Crippen LogP contribution in [-0.2, 0) is 6.42 Å². The first kappa shape index (κ1) is 11.1. The zero-order chi connectivity index (χ0) is 12.3. The number of aryl methyl sites for hydroxylation is 1. The molecule has 0 atom stereocenters. The molecule has 0 bridgehead atoms. The SMILES string of the molecule is CCCc1nnnn1-c1ccc(C#N)cc1N. The van der Waals surface area contributed by atoms with Gasteiger partial charge in [-0.2, -0.15) is 9.94 Å². The number of benzene rings is 1. The predicted molar refractivity (Wildman–Crippen MR) is 62.3 cm³/mol. The van der Waals surface area contributed by atoms with Gasteiger partial charge in [0, 0.05) is 6.42 Å². The number of aromatic nitrogens is 4. The molecule has 0 amide bonds. The Hall–Kier alpha value is -2.42. The number of nitrogen functional groups attached to an aromatic ring is 1. The van der Waals surface area contributed by atoms with Crippen LogP contribution in [0.15, 0.2) is 18.2 Å². The van der Waals surface area contributed by atoms with Crippen LogP contribution in [0.25, 0.3) is 5.69 Å². The Morgan fingerprint density at radius 2 is 2.29 bits per heavy atom. The summed E-state index contributed by atoms with van der Waals surface area (Å²) < 4.78 is 1.61. The molecular formula is C11H12N6. The molecule has 6 nitrogen and oxygen atoms in total. The van der Waals surface area contributed by atoms with Gasteiger partial charge in [0.1, 0.15) is 0 Å². The molecule has 2 N–H and O–H groups in total. The van der Waals surface area contributed by atoms with Crippen molar-refractivity contribution in [2.75, 3.05) is 5.73 Å². The molecule has 17 heavy (non-hydrogen) atoms. The van der Waals surface area contributed by atoms with Gasteiger partial charge in [0.25, 0.3) is 0 Å². The summed E-state index contributed by atoms with van der Waals surface area (Å²) in [6, 6.07) is 7.11. The molecule has 0 radical (unpaired) electrons. The summed E-state index contributed by atoms with van der Waals surface area (Å²) in [5.74, 6) is 0.768. The second-order valence-corrected chi connectivity index (χ2v) is 3.64. The molecule has 1 aromatic heterocycles. The van der Waals surface area contributed by atoms with Gasteiger partial charge in [-0.3, -0.25) is 0 Å². The molecule has 0 spiro atoms. The lowest BCUT2D eigenvalue weighted by molar-refractivity contribution is 0.746. The number of nitrogens with two attached hydrogens (primary N) is 1. The van der Waals surface area contributed by atoms with Gasteiger partial charge in [0.2, 0.25) is 0 Å². The Bertz CT molecular complexity index is 566. The Kier molecular flexibility index (Phi) is 3.01. The van der Waals surface area contributed by atoms with Crippen LogP contribution >= 0.6 is 0 Å². The molecular weight excluding hydrogens is 216 g/mol. The zero-order valence-corrected chi connectivity index (χ0v) is 9.46. The van der Waals surface area contributed by atoms with Gasteiger partial charge in [-0.05, 0) is 35.0 Å². The molecule has 1 aromatic carbocycles. The third-order valence-corrected chi connectivity index (χ3v) is 2.39. The predicted octanol–water partition coefficient (Wildman–Crippen LogP) is 1.07. The van der Waals surface area contributed by atoms with E-state index in [1.54, 1.807) is 22.9 Å². The van der Waals surface area contributed by atoms with Crippen LogP contribution in [0.5, 0.6) is 0 Å². The van der Waals surface area contributed by atoms with Crippen molar-refractivity contribution in [3.8, 4) is 11.8 Å². The summed E-state index contributed by atoms with van der Waals surface area (Å²) in [5.41, 5.74) is 7.61. The number of nitrogens with zero attached hydrogens (tertiary/aromatic N) is 5. The van der Waals surface area contributed by atoms with Crippen LogP contribution in [0.3, 0.4) is 0 Å². The van der Waals surface area contributed by atoms with Gasteiger partial charge in [0.05, 0.1) is 23.0 Å². The quantitative estimate of drug-likeness (QED) is 0.793. The Morgan fingerprint density at radius 1 is 1.47 bits per heavy atom. The fraction of sp³-hybridized carbons (Fsp3) is 0.273. The minimum Gasteiger partial charge on any atom is -0.397 e. The third kappa shape index (κ3) is 2.08.